The molecule has 0 atom stereocenters. The monoisotopic (exact) mass is 270 g/mol. The zero-order valence-electron chi connectivity index (χ0n) is 11.0. The summed E-state index contributed by atoms with van der Waals surface area (Å²) in [6.07, 6.45) is -0.495. The van der Waals surface area contributed by atoms with Crippen LogP contribution in [0, 0.1) is 11.6 Å². The number of carbonyl (C=O) groups excluding carboxylic acids is 2. The molecule has 0 bridgehead atoms. The third kappa shape index (κ3) is 5.03. The van der Waals surface area contributed by atoms with Crippen molar-refractivity contribution in [2.75, 3.05) is 5.32 Å². The van der Waals surface area contributed by atoms with Crippen LogP contribution >= 0.6 is 0 Å². The summed E-state index contributed by atoms with van der Waals surface area (Å²) in [5.41, 5.74) is -1.02. The third-order valence-corrected chi connectivity index (χ3v) is 2.06. The molecule has 0 radical (unpaired) electrons. The van der Waals surface area contributed by atoms with Crippen molar-refractivity contribution >= 4 is 17.5 Å². The summed E-state index contributed by atoms with van der Waals surface area (Å²) < 4.78 is 26.5. The van der Waals surface area contributed by atoms with Gasteiger partial charge >= 0.3 is 0 Å². The van der Waals surface area contributed by atoms with Crippen LogP contribution in [-0.4, -0.2) is 17.4 Å². The largest absolute Gasteiger partial charge is 0.351 e. The Kier molecular flexibility index (Phi) is 4.58. The smallest absolute Gasteiger partial charge is 0.233 e. The second-order valence-corrected chi connectivity index (χ2v) is 5.12. The highest BCUT2D eigenvalue weighted by atomic mass is 19.1. The van der Waals surface area contributed by atoms with Gasteiger partial charge < -0.3 is 10.6 Å². The van der Waals surface area contributed by atoms with Crippen LogP contribution < -0.4 is 10.6 Å². The van der Waals surface area contributed by atoms with Crippen molar-refractivity contribution in [1.82, 2.24) is 5.32 Å². The lowest BCUT2D eigenvalue weighted by Crippen LogP contribution is -2.42. The fraction of sp³-hybridized carbons (Fsp3) is 0.385. The van der Waals surface area contributed by atoms with Gasteiger partial charge in [0.05, 0.1) is 0 Å². The van der Waals surface area contributed by atoms with Gasteiger partial charge in [-0.15, -0.1) is 0 Å². The van der Waals surface area contributed by atoms with Crippen molar-refractivity contribution in [3.8, 4) is 0 Å². The average Bonchev–Trinajstić information content (AvgIpc) is 2.20. The molecule has 4 nitrogen and oxygen atoms in total. The van der Waals surface area contributed by atoms with Gasteiger partial charge in [0, 0.05) is 5.54 Å². The highest BCUT2D eigenvalue weighted by Gasteiger charge is 2.18. The van der Waals surface area contributed by atoms with Gasteiger partial charge in [-0.1, -0.05) is 6.07 Å². The van der Waals surface area contributed by atoms with Gasteiger partial charge in [0.25, 0.3) is 0 Å². The predicted molar refractivity (Wildman–Crippen MR) is 67.5 cm³/mol. The van der Waals surface area contributed by atoms with E-state index in [4.69, 9.17) is 0 Å². The molecule has 0 fully saturated rings. The minimum absolute atomic E-state index is 0.472. The van der Waals surface area contributed by atoms with Crippen molar-refractivity contribution < 1.29 is 18.4 Å². The summed E-state index contributed by atoms with van der Waals surface area (Å²) in [5, 5.41) is 4.62. The number of carbonyl (C=O) groups is 2. The molecule has 1 rings (SSSR count). The van der Waals surface area contributed by atoms with Gasteiger partial charge in [0.1, 0.15) is 23.7 Å². The zero-order chi connectivity index (χ0) is 14.6. The van der Waals surface area contributed by atoms with E-state index in [0.717, 1.165) is 12.1 Å². The number of rotatable bonds is 3. The number of halogens is 2. The molecule has 1 aromatic carbocycles. The van der Waals surface area contributed by atoms with E-state index in [2.05, 4.69) is 5.32 Å². The Morgan fingerprint density at radius 3 is 2.11 bits per heavy atom. The van der Waals surface area contributed by atoms with Crippen LogP contribution in [0.3, 0.4) is 0 Å². The average molecular weight is 270 g/mol. The minimum Gasteiger partial charge on any atom is -0.351 e. The van der Waals surface area contributed by atoms with Crippen LogP contribution in [0.4, 0.5) is 14.5 Å². The van der Waals surface area contributed by atoms with Crippen LogP contribution in [0.5, 0.6) is 0 Å². The molecule has 19 heavy (non-hydrogen) atoms. The number of para-hydroxylation sites is 1. The topological polar surface area (TPSA) is 58.2 Å². The van der Waals surface area contributed by atoms with E-state index in [1.165, 1.54) is 6.07 Å². The van der Waals surface area contributed by atoms with E-state index >= 15 is 0 Å². The summed E-state index contributed by atoms with van der Waals surface area (Å²) in [5.74, 6) is -3.05. The number of hydrogen-bond acceptors (Lipinski definition) is 2. The lowest BCUT2D eigenvalue weighted by molar-refractivity contribution is -0.127. The molecule has 104 valence electrons. The summed E-state index contributed by atoms with van der Waals surface area (Å²) in [7, 11) is 0. The molecule has 0 saturated heterocycles. The first-order chi connectivity index (χ1) is 8.69. The number of amides is 2. The molecule has 0 heterocycles. The molecule has 0 aliphatic carbocycles. The Hall–Kier alpha value is -1.98. The first-order valence-corrected chi connectivity index (χ1v) is 5.74. The fourth-order valence-electron chi connectivity index (χ4n) is 1.41. The SMILES string of the molecule is CC(C)(C)NC(=O)CC(=O)Nc1c(F)cccc1F. The number of hydrogen-bond donors (Lipinski definition) is 2. The Bertz CT molecular complexity index is 476. The zero-order valence-corrected chi connectivity index (χ0v) is 11.0. The Labute approximate surface area is 110 Å². The summed E-state index contributed by atoms with van der Waals surface area (Å²) in [6, 6.07) is 3.23. The van der Waals surface area contributed by atoms with Crippen LogP contribution in [0.25, 0.3) is 0 Å². The molecule has 1 aromatic rings. The van der Waals surface area contributed by atoms with Gasteiger partial charge in [-0.3, -0.25) is 9.59 Å². The summed E-state index contributed by atoms with van der Waals surface area (Å²) in [6.45, 7) is 5.29. The van der Waals surface area contributed by atoms with E-state index in [-0.39, 0.29) is 0 Å². The van der Waals surface area contributed by atoms with E-state index < -0.39 is 41.1 Å². The maximum absolute atomic E-state index is 13.3. The van der Waals surface area contributed by atoms with E-state index in [9.17, 15) is 18.4 Å². The molecule has 0 aromatic heterocycles. The van der Waals surface area contributed by atoms with Crippen molar-refractivity contribution in [2.24, 2.45) is 0 Å². The molecular formula is C13H16F2N2O2. The third-order valence-electron chi connectivity index (χ3n) is 2.06. The molecule has 0 aliphatic rings. The van der Waals surface area contributed by atoms with Crippen molar-refractivity contribution in [2.45, 2.75) is 32.7 Å². The molecule has 6 heteroatoms. The molecule has 2 amide bonds. The van der Waals surface area contributed by atoms with Crippen molar-refractivity contribution in [1.29, 1.82) is 0 Å². The molecule has 2 N–H and O–H groups in total. The second-order valence-electron chi connectivity index (χ2n) is 5.12. The summed E-state index contributed by atoms with van der Waals surface area (Å²) >= 11 is 0. The quantitative estimate of drug-likeness (QED) is 0.827. The number of anilines is 1. The lowest BCUT2D eigenvalue weighted by Gasteiger charge is -2.20. The van der Waals surface area contributed by atoms with Gasteiger partial charge in [-0.05, 0) is 32.9 Å². The Balaban J connectivity index is 2.64. The van der Waals surface area contributed by atoms with E-state index in [1.807, 2.05) is 5.32 Å². The van der Waals surface area contributed by atoms with E-state index in [0.29, 0.717) is 0 Å². The second kappa shape index (κ2) is 5.77. The molecule has 0 unspecified atom stereocenters. The van der Waals surface area contributed by atoms with Crippen LogP contribution in [0.15, 0.2) is 18.2 Å². The normalized spacial score (nSPS) is 11.0. The van der Waals surface area contributed by atoms with Crippen LogP contribution in [0.2, 0.25) is 0 Å². The van der Waals surface area contributed by atoms with Crippen LogP contribution in [0.1, 0.15) is 27.2 Å². The lowest BCUT2D eigenvalue weighted by atomic mass is 10.1. The first kappa shape index (κ1) is 15.1. The van der Waals surface area contributed by atoms with Crippen molar-refractivity contribution in [3.63, 3.8) is 0 Å². The highest BCUT2D eigenvalue weighted by molar-refractivity contribution is 6.03. The predicted octanol–water partition coefficient (Wildman–Crippen LogP) is 2.21. The van der Waals surface area contributed by atoms with Gasteiger partial charge in [0.2, 0.25) is 11.8 Å². The van der Waals surface area contributed by atoms with Gasteiger partial charge in [0.15, 0.2) is 0 Å². The van der Waals surface area contributed by atoms with Gasteiger partial charge in [-0.2, -0.15) is 0 Å². The summed E-state index contributed by atoms with van der Waals surface area (Å²) in [4.78, 5) is 23.0. The number of nitrogens with one attached hydrogen (secondary N) is 2. The van der Waals surface area contributed by atoms with Gasteiger partial charge in [-0.25, -0.2) is 8.78 Å². The molecule has 0 saturated carbocycles. The molecule has 0 spiro atoms. The first-order valence-electron chi connectivity index (χ1n) is 5.74. The highest BCUT2D eigenvalue weighted by Crippen LogP contribution is 2.18. The standard InChI is InChI=1S/C13H16F2N2O2/c1-13(2,3)17-11(19)7-10(18)16-12-8(14)5-4-6-9(12)15/h4-6H,7H2,1-3H3,(H,16,18)(H,17,19). The fourth-order valence-corrected chi connectivity index (χ4v) is 1.41. The Morgan fingerprint density at radius 2 is 1.63 bits per heavy atom. The van der Waals surface area contributed by atoms with Crippen molar-refractivity contribution in [3.05, 3.63) is 29.8 Å². The maximum atomic E-state index is 13.3. The van der Waals surface area contributed by atoms with Crippen LogP contribution in [-0.2, 0) is 9.59 Å². The number of benzene rings is 1. The molecular weight excluding hydrogens is 254 g/mol. The molecule has 0 aliphatic heterocycles. The Morgan fingerprint density at radius 1 is 1.11 bits per heavy atom. The minimum atomic E-state index is -0.885. The van der Waals surface area contributed by atoms with E-state index in [1.54, 1.807) is 20.8 Å². The maximum Gasteiger partial charge on any atom is 0.233 e.